The molecule has 1 heterocycles. The van der Waals surface area contributed by atoms with Crippen molar-refractivity contribution < 1.29 is 4.79 Å². The summed E-state index contributed by atoms with van der Waals surface area (Å²) in [6.45, 7) is 0. The molecule has 0 aliphatic heterocycles. The number of rotatable bonds is 4. The monoisotopic (exact) mass is 323 g/mol. The van der Waals surface area contributed by atoms with Gasteiger partial charge in [0.1, 0.15) is 6.33 Å². The quantitative estimate of drug-likeness (QED) is 0.493. The molecular weight excluding hydrogens is 314 g/mol. The zero-order chi connectivity index (χ0) is 13.0. The molecule has 0 fully saturated rings. The summed E-state index contributed by atoms with van der Waals surface area (Å²) in [5.41, 5.74) is 0.660. The third-order valence-electron chi connectivity index (χ3n) is 2.19. The maximum absolute atomic E-state index is 11.8. The van der Waals surface area contributed by atoms with Crippen LogP contribution in [0.25, 0.3) is 0 Å². The molecule has 6 heteroatoms. The molecule has 4 nitrogen and oxygen atoms in total. The van der Waals surface area contributed by atoms with E-state index in [1.165, 1.54) is 17.8 Å². The van der Waals surface area contributed by atoms with Crippen molar-refractivity contribution in [2.75, 3.05) is 0 Å². The lowest BCUT2D eigenvalue weighted by atomic mass is 10.1. The van der Waals surface area contributed by atoms with E-state index in [2.05, 4.69) is 26.1 Å². The first-order chi connectivity index (χ1) is 8.66. The summed E-state index contributed by atoms with van der Waals surface area (Å²) in [5, 5.41) is 10.1. The fraction of sp³-hybridized carbons (Fsp3) is 0.0833. The van der Waals surface area contributed by atoms with Crippen LogP contribution in [-0.4, -0.2) is 20.5 Å². The van der Waals surface area contributed by atoms with Gasteiger partial charge in [-0.3, -0.25) is 4.79 Å². The average Bonchev–Trinajstić information content (AvgIpc) is 2.76. The smallest absolute Gasteiger partial charge is 0.194 e. The SMILES string of the molecule is Cn1cnnc1SC=CC(=O)c1ccc(Br)cc1. The van der Waals surface area contributed by atoms with Gasteiger partial charge in [-0.2, -0.15) is 0 Å². The number of carbonyl (C=O) groups excluding carboxylic acids is 1. The number of halogens is 1. The predicted molar refractivity (Wildman–Crippen MR) is 74.5 cm³/mol. The second kappa shape index (κ2) is 5.97. The Morgan fingerprint density at radius 2 is 2.11 bits per heavy atom. The lowest BCUT2D eigenvalue weighted by Crippen LogP contribution is -1.93. The minimum absolute atomic E-state index is 0.0304. The summed E-state index contributed by atoms with van der Waals surface area (Å²) in [4.78, 5) is 11.8. The standard InChI is InChI=1S/C12H10BrN3OS/c1-16-8-14-15-12(16)18-7-6-11(17)9-2-4-10(13)5-3-9/h2-8H,1H3. The van der Waals surface area contributed by atoms with Crippen molar-refractivity contribution in [3.05, 3.63) is 52.1 Å². The molecule has 0 aliphatic carbocycles. The van der Waals surface area contributed by atoms with Crippen molar-refractivity contribution in [2.24, 2.45) is 7.05 Å². The Morgan fingerprint density at radius 3 is 2.72 bits per heavy atom. The van der Waals surface area contributed by atoms with Gasteiger partial charge in [0.05, 0.1) is 0 Å². The maximum Gasteiger partial charge on any atom is 0.194 e. The third-order valence-corrected chi connectivity index (χ3v) is 3.57. The van der Waals surface area contributed by atoms with E-state index >= 15 is 0 Å². The second-order valence-corrected chi connectivity index (χ2v) is 5.30. The second-order valence-electron chi connectivity index (χ2n) is 3.52. The first kappa shape index (κ1) is 13.0. The summed E-state index contributed by atoms with van der Waals surface area (Å²) in [6, 6.07) is 7.25. The van der Waals surface area contributed by atoms with Gasteiger partial charge in [0, 0.05) is 17.1 Å². The molecule has 0 N–H and O–H groups in total. The first-order valence-electron chi connectivity index (χ1n) is 5.14. The first-order valence-corrected chi connectivity index (χ1v) is 6.81. The molecule has 0 radical (unpaired) electrons. The van der Waals surface area contributed by atoms with Gasteiger partial charge < -0.3 is 4.57 Å². The summed E-state index contributed by atoms with van der Waals surface area (Å²) in [5.74, 6) is -0.0304. The normalized spacial score (nSPS) is 11.0. The largest absolute Gasteiger partial charge is 0.312 e. The van der Waals surface area contributed by atoms with Crippen LogP contribution >= 0.6 is 27.7 Å². The third kappa shape index (κ3) is 3.30. The van der Waals surface area contributed by atoms with E-state index in [4.69, 9.17) is 0 Å². The molecule has 0 unspecified atom stereocenters. The summed E-state index contributed by atoms with van der Waals surface area (Å²) in [7, 11) is 1.85. The number of benzene rings is 1. The van der Waals surface area contributed by atoms with Crippen LogP contribution in [0.15, 0.2) is 51.7 Å². The Labute approximate surface area is 117 Å². The highest BCUT2D eigenvalue weighted by Crippen LogP contribution is 2.16. The van der Waals surface area contributed by atoms with Crippen LogP contribution in [0.2, 0.25) is 0 Å². The molecule has 92 valence electrons. The Hall–Kier alpha value is -1.40. The number of ketones is 1. The summed E-state index contributed by atoms with van der Waals surface area (Å²) in [6.07, 6.45) is 3.15. The van der Waals surface area contributed by atoms with Gasteiger partial charge >= 0.3 is 0 Å². The van der Waals surface area contributed by atoms with Gasteiger partial charge in [-0.1, -0.05) is 27.7 Å². The van der Waals surface area contributed by atoms with Crippen molar-refractivity contribution in [2.45, 2.75) is 5.16 Å². The van der Waals surface area contributed by atoms with E-state index < -0.39 is 0 Å². The van der Waals surface area contributed by atoms with Crippen LogP contribution in [0.1, 0.15) is 10.4 Å². The molecule has 18 heavy (non-hydrogen) atoms. The zero-order valence-electron chi connectivity index (χ0n) is 9.58. The Morgan fingerprint density at radius 1 is 1.39 bits per heavy atom. The minimum atomic E-state index is -0.0304. The summed E-state index contributed by atoms with van der Waals surface area (Å²) >= 11 is 4.69. The predicted octanol–water partition coefficient (Wildman–Crippen LogP) is 3.07. The highest BCUT2D eigenvalue weighted by atomic mass is 79.9. The molecule has 2 aromatic rings. The van der Waals surface area contributed by atoms with Crippen LogP contribution in [-0.2, 0) is 7.05 Å². The number of thioether (sulfide) groups is 1. The van der Waals surface area contributed by atoms with Gasteiger partial charge in [0.2, 0.25) is 0 Å². The number of allylic oxidation sites excluding steroid dienone is 1. The number of aromatic nitrogens is 3. The Bertz CT molecular complexity index is 577. The molecule has 0 atom stereocenters. The summed E-state index contributed by atoms with van der Waals surface area (Å²) < 4.78 is 2.75. The van der Waals surface area contributed by atoms with Gasteiger partial charge in [0.15, 0.2) is 10.9 Å². The lowest BCUT2D eigenvalue weighted by molar-refractivity contribution is 0.104. The molecule has 0 amide bonds. The van der Waals surface area contributed by atoms with Gasteiger partial charge in [-0.15, -0.1) is 10.2 Å². The fourth-order valence-corrected chi connectivity index (χ4v) is 2.13. The molecule has 1 aromatic carbocycles. The van der Waals surface area contributed by atoms with E-state index in [-0.39, 0.29) is 5.78 Å². The van der Waals surface area contributed by atoms with Crippen LogP contribution in [0.3, 0.4) is 0 Å². The molecule has 0 saturated heterocycles. The van der Waals surface area contributed by atoms with E-state index in [1.54, 1.807) is 28.4 Å². The molecule has 0 aliphatic rings. The molecule has 0 spiro atoms. The highest BCUT2D eigenvalue weighted by Gasteiger charge is 2.02. The highest BCUT2D eigenvalue weighted by molar-refractivity contribution is 9.10. The van der Waals surface area contributed by atoms with Crippen molar-refractivity contribution in [1.29, 1.82) is 0 Å². The van der Waals surface area contributed by atoms with Crippen LogP contribution < -0.4 is 0 Å². The number of hydrogen-bond donors (Lipinski definition) is 0. The van der Waals surface area contributed by atoms with Crippen molar-refractivity contribution in [3.8, 4) is 0 Å². The lowest BCUT2D eigenvalue weighted by Gasteiger charge is -1.96. The van der Waals surface area contributed by atoms with Crippen LogP contribution in [0.5, 0.6) is 0 Å². The number of hydrogen-bond acceptors (Lipinski definition) is 4. The van der Waals surface area contributed by atoms with Gasteiger partial charge in [0.25, 0.3) is 0 Å². The van der Waals surface area contributed by atoms with Crippen LogP contribution in [0, 0.1) is 0 Å². The molecule has 0 bridgehead atoms. The van der Waals surface area contributed by atoms with Crippen molar-refractivity contribution in [1.82, 2.24) is 14.8 Å². The van der Waals surface area contributed by atoms with E-state index in [1.807, 2.05) is 19.2 Å². The minimum Gasteiger partial charge on any atom is -0.312 e. The van der Waals surface area contributed by atoms with Crippen LogP contribution in [0.4, 0.5) is 0 Å². The van der Waals surface area contributed by atoms with Crippen molar-refractivity contribution in [3.63, 3.8) is 0 Å². The Kier molecular flexibility index (Phi) is 4.33. The molecule has 0 saturated carbocycles. The van der Waals surface area contributed by atoms with Gasteiger partial charge in [-0.25, -0.2) is 0 Å². The van der Waals surface area contributed by atoms with Gasteiger partial charge in [-0.05, 0) is 35.7 Å². The molecule has 2 rings (SSSR count). The topological polar surface area (TPSA) is 47.8 Å². The number of aryl methyl sites for hydroxylation is 1. The van der Waals surface area contributed by atoms with E-state index in [0.717, 1.165) is 9.63 Å². The maximum atomic E-state index is 11.8. The Balaban J connectivity index is 1.99. The number of nitrogens with zero attached hydrogens (tertiary/aromatic N) is 3. The number of carbonyl (C=O) groups is 1. The van der Waals surface area contributed by atoms with E-state index in [0.29, 0.717) is 5.56 Å². The molecule has 1 aromatic heterocycles. The fourth-order valence-electron chi connectivity index (χ4n) is 1.25. The molecular formula is C12H10BrN3OS. The average molecular weight is 324 g/mol. The zero-order valence-corrected chi connectivity index (χ0v) is 12.0. The van der Waals surface area contributed by atoms with Crippen molar-refractivity contribution >= 4 is 33.5 Å². The van der Waals surface area contributed by atoms with E-state index in [9.17, 15) is 4.79 Å².